The molecule has 23 heavy (non-hydrogen) atoms. The minimum absolute atomic E-state index is 0.116. The summed E-state index contributed by atoms with van der Waals surface area (Å²) in [5.74, 6) is 1.98. The van der Waals surface area contributed by atoms with Crippen molar-refractivity contribution in [1.82, 2.24) is 9.97 Å². The number of rotatable bonds is 3. The van der Waals surface area contributed by atoms with Crippen molar-refractivity contribution in [2.24, 2.45) is 17.3 Å². The Morgan fingerprint density at radius 1 is 1.39 bits per heavy atom. The molecule has 4 saturated carbocycles. The Morgan fingerprint density at radius 2 is 2.09 bits per heavy atom. The fraction of sp³-hybridized carbons (Fsp3) is 0.706. The van der Waals surface area contributed by atoms with Crippen LogP contribution in [0.3, 0.4) is 0 Å². The number of nitriles is 1. The van der Waals surface area contributed by atoms with Gasteiger partial charge in [-0.15, -0.1) is 0 Å². The van der Waals surface area contributed by atoms with Crippen LogP contribution in [0.2, 0.25) is 0 Å². The molecular formula is C17H23N5O. The lowest BCUT2D eigenvalue weighted by atomic mass is 9.46. The van der Waals surface area contributed by atoms with Crippen LogP contribution >= 0.6 is 0 Å². The van der Waals surface area contributed by atoms with Gasteiger partial charge < -0.3 is 16.2 Å². The zero-order chi connectivity index (χ0) is 16.2. The molecule has 0 amide bonds. The predicted molar refractivity (Wildman–Crippen MR) is 86.3 cm³/mol. The average molecular weight is 313 g/mol. The lowest BCUT2D eigenvalue weighted by Gasteiger charge is -2.62. The second kappa shape index (κ2) is 4.81. The third-order valence-electron chi connectivity index (χ3n) is 6.28. The van der Waals surface area contributed by atoms with E-state index in [1.807, 2.05) is 6.07 Å². The smallest absolute Gasteiger partial charge is 0.224 e. The summed E-state index contributed by atoms with van der Waals surface area (Å²) in [6, 6.07) is 2.15. The topological polar surface area (TPSA) is 108 Å². The van der Waals surface area contributed by atoms with E-state index in [0.29, 0.717) is 23.3 Å². The highest BCUT2D eigenvalue weighted by molar-refractivity contribution is 5.50. The van der Waals surface area contributed by atoms with Crippen LogP contribution in [0.25, 0.3) is 0 Å². The fourth-order valence-corrected chi connectivity index (χ4v) is 5.69. The number of hydrogen-bond donors (Lipinski definition) is 3. The van der Waals surface area contributed by atoms with Crippen LogP contribution in [0.5, 0.6) is 0 Å². The van der Waals surface area contributed by atoms with E-state index in [0.717, 1.165) is 19.3 Å². The molecule has 122 valence electrons. The Hall–Kier alpha value is -1.87. The van der Waals surface area contributed by atoms with Crippen molar-refractivity contribution in [3.05, 3.63) is 11.8 Å². The number of aliphatic hydroxyl groups is 1. The first-order chi connectivity index (χ1) is 10.9. The molecule has 0 aromatic carbocycles. The molecule has 1 aromatic rings. The van der Waals surface area contributed by atoms with Gasteiger partial charge in [-0.25, -0.2) is 4.98 Å². The van der Waals surface area contributed by atoms with E-state index >= 15 is 0 Å². The molecule has 3 atom stereocenters. The Kier molecular flexibility index (Phi) is 3.08. The summed E-state index contributed by atoms with van der Waals surface area (Å²) in [5.41, 5.74) is 5.73. The number of anilines is 2. The van der Waals surface area contributed by atoms with E-state index in [1.165, 1.54) is 25.5 Å². The molecule has 4 N–H and O–H groups in total. The third kappa shape index (κ3) is 2.34. The van der Waals surface area contributed by atoms with Crippen molar-refractivity contribution in [1.29, 1.82) is 5.26 Å². The van der Waals surface area contributed by atoms with Gasteiger partial charge in [0.15, 0.2) is 0 Å². The standard InChI is InChI=1S/C17H23N5O/c1-10(21-15-20-8-13(7-18)14(19)22-15)16-3-11-2-12(4-16)6-17(23,5-11)9-16/h8,10-12,23H,2-6,9H2,1H3,(H3,19,20,21,22). The molecule has 4 bridgehead atoms. The first-order valence-electron chi connectivity index (χ1n) is 8.43. The summed E-state index contributed by atoms with van der Waals surface area (Å²) < 4.78 is 0. The Morgan fingerprint density at radius 3 is 2.65 bits per heavy atom. The monoisotopic (exact) mass is 313 g/mol. The molecule has 0 spiro atoms. The maximum Gasteiger partial charge on any atom is 0.224 e. The van der Waals surface area contributed by atoms with Crippen LogP contribution in [-0.2, 0) is 0 Å². The van der Waals surface area contributed by atoms with Gasteiger partial charge >= 0.3 is 0 Å². The molecule has 1 aromatic heterocycles. The third-order valence-corrected chi connectivity index (χ3v) is 6.28. The highest BCUT2D eigenvalue weighted by Gasteiger charge is 2.58. The van der Waals surface area contributed by atoms with Crippen LogP contribution in [-0.4, -0.2) is 26.7 Å². The van der Waals surface area contributed by atoms with Gasteiger partial charge in [-0.05, 0) is 62.7 Å². The number of hydrogen-bond acceptors (Lipinski definition) is 6. The summed E-state index contributed by atoms with van der Waals surface area (Å²) in [7, 11) is 0. The summed E-state index contributed by atoms with van der Waals surface area (Å²) in [6.45, 7) is 2.16. The molecule has 3 unspecified atom stereocenters. The number of nitrogen functional groups attached to an aromatic ring is 1. The summed E-state index contributed by atoms with van der Waals surface area (Å²) in [6.07, 6.45) is 7.89. The van der Waals surface area contributed by atoms with Crippen molar-refractivity contribution in [2.75, 3.05) is 11.1 Å². The van der Waals surface area contributed by atoms with E-state index in [1.54, 1.807) is 0 Å². The molecule has 4 fully saturated rings. The van der Waals surface area contributed by atoms with Gasteiger partial charge in [0.25, 0.3) is 0 Å². The molecule has 5 rings (SSSR count). The Balaban J connectivity index is 1.56. The highest BCUT2D eigenvalue weighted by Crippen LogP contribution is 2.62. The van der Waals surface area contributed by atoms with E-state index in [2.05, 4.69) is 22.2 Å². The minimum atomic E-state index is -0.468. The summed E-state index contributed by atoms with van der Waals surface area (Å²) in [4.78, 5) is 8.41. The normalized spacial score (nSPS) is 39.0. The average Bonchev–Trinajstić information content (AvgIpc) is 2.44. The van der Waals surface area contributed by atoms with Crippen LogP contribution in [0.15, 0.2) is 6.20 Å². The highest BCUT2D eigenvalue weighted by atomic mass is 16.3. The molecule has 6 nitrogen and oxygen atoms in total. The molecule has 6 heteroatoms. The predicted octanol–water partition coefficient (Wildman–Crippen LogP) is 2.06. The second-order valence-electron chi connectivity index (χ2n) is 8.02. The fourth-order valence-electron chi connectivity index (χ4n) is 5.69. The van der Waals surface area contributed by atoms with Gasteiger partial charge in [-0.3, -0.25) is 0 Å². The van der Waals surface area contributed by atoms with Crippen LogP contribution < -0.4 is 11.1 Å². The second-order valence-corrected chi connectivity index (χ2v) is 8.02. The molecule has 1 heterocycles. The zero-order valence-corrected chi connectivity index (χ0v) is 13.4. The van der Waals surface area contributed by atoms with Gasteiger partial charge in [0.05, 0.1) is 11.8 Å². The van der Waals surface area contributed by atoms with E-state index < -0.39 is 5.60 Å². The van der Waals surface area contributed by atoms with Gasteiger partial charge in [0.1, 0.15) is 17.5 Å². The maximum absolute atomic E-state index is 10.9. The molecule has 0 saturated heterocycles. The molecule has 4 aliphatic carbocycles. The zero-order valence-electron chi connectivity index (χ0n) is 13.4. The van der Waals surface area contributed by atoms with Crippen molar-refractivity contribution >= 4 is 11.8 Å². The first-order valence-corrected chi connectivity index (χ1v) is 8.43. The lowest BCUT2D eigenvalue weighted by molar-refractivity contribution is -0.167. The number of nitrogens with zero attached hydrogens (tertiary/aromatic N) is 3. The molecular weight excluding hydrogens is 290 g/mol. The first kappa shape index (κ1) is 14.7. The number of aromatic nitrogens is 2. The van der Waals surface area contributed by atoms with Crippen LogP contribution in [0, 0.1) is 28.6 Å². The van der Waals surface area contributed by atoms with Gasteiger partial charge in [-0.2, -0.15) is 10.2 Å². The summed E-state index contributed by atoms with van der Waals surface area (Å²) >= 11 is 0. The van der Waals surface area contributed by atoms with Crippen molar-refractivity contribution in [3.63, 3.8) is 0 Å². The Labute approximate surface area is 136 Å². The van der Waals surface area contributed by atoms with Crippen LogP contribution in [0.1, 0.15) is 51.0 Å². The SMILES string of the molecule is CC(Nc1ncc(C#N)c(N)n1)C12CC3CC(CC(O)(C3)C1)C2. The van der Waals surface area contributed by atoms with E-state index in [9.17, 15) is 5.11 Å². The van der Waals surface area contributed by atoms with E-state index in [4.69, 9.17) is 11.0 Å². The molecule has 4 aliphatic rings. The number of nitrogens with two attached hydrogens (primary N) is 1. The van der Waals surface area contributed by atoms with Crippen molar-refractivity contribution < 1.29 is 5.11 Å². The molecule has 0 aliphatic heterocycles. The maximum atomic E-state index is 10.9. The van der Waals surface area contributed by atoms with E-state index in [-0.39, 0.29) is 17.3 Å². The summed E-state index contributed by atoms with van der Waals surface area (Å²) in [5, 5.41) is 23.2. The largest absolute Gasteiger partial charge is 0.390 e. The van der Waals surface area contributed by atoms with Crippen LogP contribution in [0.4, 0.5) is 11.8 Å². The molecule has 0 radical (unpaired) electrons. The van der Waals surface area contributed by atoms with Gasteiger partial charge in [-0.1, -0.05) is 0 Å². The minimum Gasteiger partial charge on any atom is -0.390 e. The van der Waals surface area contributed by atoms with Gasteiger partial charge in [0.2, 0.25) is 5.95 Å². The quantitative estimate of drug-likeness (QED) is 0.788. The van der Waals surface area contributed by atoms with Gasteiger partial charge in [0, 0.05) is 6.04 Å². The van der Waals surface area contributed by atoms with Crippen molar-refractivity contribution in [2.45, 2.75) is 57.1 Å². The number of nitrogens with one attached hydrogen (secondary N) is 1. The Bertz CT molecular complexity index is 668. The lowest BCUT2D eigenvalue weighted by Crippen LogP contribution is -2.60. The van der Waals surface area contributed by atoms with Crippen molar-refractivity contribution in [3.8, 4) is 6.07 Å².